The molecule has 0 atom stereocenters. The third-order valence-electron chi connectivity index (χ3n) is 2.44. The van der Waals surface area contributed by atoms with E-state index in [2.05, 4.69) is 26.1 Å². The van der Waals surface area contributed by atoms with Crippen LogP contribution >= 0.6 is 0 Å². The van der Waals surface area contributed by atoms with Crippen molar-refractivity contribution in [3.8, 4) is 0 Å². The largest absolute Gasteiger partial charge is 0.478 e. The Balaban J connectivity index is 1.98. The van der Waals surface area contributed by atoms with Crippen molar-refractivity contribution in [1.82, 2.24) is 25.6 Å². The van der Waals surface area contributed by atoms with E-state index in [0.29, 0.717) is 5.56 Å². The minimum atomic E-state index is -1.08. The van der Waals surface area contributed by atoms with Crippen molar-refractivity contribution in [2.45, 2.75) is 6.54 Å². The molecule has 0 bridgehead atoms. The molecule has 0 aliphatic heterocycles. The number of benzene rings is 1. The van der Waals surface area contributed by atoms with Crippen LogP contribution in [-0.4, -0.2) is 43.4 Å². The highest BCUT2D eigenvalue weighted by Crippen LogP contribution is 2.05. The Morgan fingerprint density at radius 3 is 2.86 bits per heavy atom. The van der Waals surface area contributed by atoms with Crippen molar-refractivity contribution in [1.29, 1.82) is 0 Å². The van der Waals surface area contributed by atoms with E-state index >= 15 is 0 Å². The first kappa shape index (κ1) is 14.1. The lowest BCUT2D eigenvalue weighted by Crippen LogP contribution is -2.24. The van der Waals surface area contributed by atoms with E-state index in [1.807, 2.05) is 0 Å². The molecule has 1 aromatic heterocycles. The van der Waals surface area contributed by atoms with Crippen LogP contribution in [0.25, 0.3) is 0 Å². The summed E-state index contributed by atoms with van der Waals surface area (Å²) in [6.07, 6.45) is 1.24. The van der Waals surface area contributed by atoms with Crippen LogP contribution in [-0.2, 0) is 11.3 Å². The van der Waals surface area contributed by atoms with E-state index in [4.69, 9.17) is 10.8 Å². The standard InChI is InChI=1S/C11H11N7O3/c12-11-15-16-17-18(11)6-9(19)14-13-5-7-3-1-2-4-8(7)10(20)21/h1-5H,6H2,(H,14,19)(H,20,21)(H2,12,15,17). The first-order chi connectivity index (χ1) is 10.1. The molecule has 2 rings (SSSR count). The Bertz CT molecular complexity index is 695. The van der Waals surface area contributed by atoms with E-state index in [9.17, 15) is 9.59 Å². The Hall–Kier alpha value is -3.30. The van der Waals surface area contributed by atoms with Gasteiger partial charge in [-0.2, -0.15) is 5.10 Å². The number of carboxylic acids is 1. The number of nitrogens with two attached hydrogens (primary N) is 1. The van der Waals surface area contributed by atoms with Crippen LogP contribution in [0.2, 0.25) is 0 Å². The van der Waals surface area contributed by atoms with Gasteiger partial charge in [-0.3, -0.25) is 4.79 Å². The SMILES string of the molecule is Nc1nnnn1CC(=O)NN=Cc1ccccc1C(=O)O. The fraction of sp³-hybridized carbons (Fsp3) is 0.0909. The zero-order valence-electron chi connectivity index (χ0n) is 10.7. The van der Waals surface area contributed by atoms with Crippen molar-refractivity contribution in [2.75, 3.05) is 5.73 Å². The summed E-state index contributed by atoms with van der Waals surface area (Å²) in [5, 5.41) is 22.9. The molecule has 10 nitrogen and oxygen atoms in total. The van der Waals surface area contributed by atoms with Gasteiger partial charge in [-0.05, 0) is 16.5 Å². The second kappa shape index (κ2) is 6.23. The molecule has 1 heterocycles. The van der Waals surface area contributed by atoms with Crippen molar-refractivity contribution < 1.29 is 14.7 Å². The van der Waals surface area contributed by atoms with Crippen LogP contribution in [0.15, 0.2) is 29.4 Å². The second-order valence-corrected chi connectivity index (χ2v) is 3.88. The number of carbonyl (C=O) groups excluding carboxylic acids is 1. The number of hydrazone groups is 1. The number of aromatic carboxylic acids is 1. The Morgan fingerprint density at radius 1 is 1.43 bits per heavy atom. The zero-order valence-corrected chi connectivity index (χ0v) is 10.7. The number of carboxylic acid groups (broad SMARTS) is 1. The van der Waals surface area contributed by atoms with Gasteiger partial charge < -0.3 is 10.8 Å². The Morgan fingerprint density at radius 2 is 2.19 bits per heavy atom. The molecule has 0 saturated carbocycles. The Labute approximate surface area is 118 Å². The normalized spacial score (nSPS) is 10.7. The molecule has 0 spiro atoms. The maximum absolute atomic E-state index is 11.6. The molecule has 0 radical (unpaired) electrons. The predicted octanol–water partition coefficient (Wildman–Crippen LogP) is -0.896. The topological polar surface area (TPSA) is 148 Å². The van der Waals surface area contributed by atoms with Crippen molar-refractivity contribution in [3.05, 3.63) is 35.4 Å². The Kier molecular flexibility index (Phi) is 4.19. The average molecular weight is 289 g/mol. The van der Waals surface area contributed by atoms with E-state index in [-0.39, 0.29) is 18.1 Å². The van der Waals surface area contributed by atoms with Gasteiger partial charge in [0.25, 0.3) is 5.91 Å². The summed E-state index contributed by atoms with van der Waals surface area (Å²) in [6, 6.07) is 6.27. The number of hydrogen-bond acceptors (Lipinski definition) is 7. The van der Waals surface area contributed by atoms with Crippen LogP contribution in [0.3, 0.4) is 0 Å². The van der Waals surface area contributed by atoms with Gasteiger partial charge in [0.15, 0.2) is 0 Å². The molecule has 4 N–H and O–H groups in total. The van der Waals surface area contributed by atoms with E-state index in [1.165, 1.54) is 12.3 Å². The lowest BCUT2D eigenvalue weighted by Gasteiger charge is -2.01. The molecule has 0 unspecified atom stereocenters. The number of nitrogens with one attached hydrogen (secondary N) is 1. The van der Waals surface area contributed by atoms with Crippen molar-refractivity contribution in [3.63, 3.8) is 0 Å². The zero-order chi connectivity index (χ0) is 15.2. The van der Waals surface area contributed by atoms with E-state index < -0.39 is 11.9 Å². The molecule has 2 aromatic rings. The number of nitrogen functional groups attached to an aromatic ring is 1. The van der Waals surface area contributed by atoms with Crippen molar-refractivity contribution >= 4 is 24.0 Å². The molecule has 10 heteroatoms. The van der Waals surface area contributed by atoms with Gasteiger partial charge in [-0.1, -0.05) is 23.3 Å². The van der Waals surface area contributed by atoms with Gasteiger partial charge in [0, 0.05) is 5.56 Å². The number of nitrogens with zero attached hydrogens (tertiary/aromatic N) is 5. The predicted molar refractivity (Wildman–Crippen MR) is 71.4 cm³/mol. The maximum Gasteiger partial charge on any atom is 0.336 e. The minimum Gasteiger partial charge on any atom is -0.478 e. The maximum atomic E-state index is 11.6. The number of tetrazole rings is 1. The minimum absolute atomic E-state index is 0.00496. The number of carbonyl (C=O) groups is 2. The van der Waals surface area contributed by atoms with Gasteiger partial charge in [-0.15, -0.1) is 0 Å². The summed E-state index contributed by atoms with van der Waals surface area (Å²) in [5.41, 5.74) is 8.08. The fourth-order valence-corrected chi connectivity index (χ4v) is 1.47. The molecule has 108 valence electrons. The monoisotopic (exact) mass is 289 g/mol. The summed E-state index contributed by atoms with van der Waals surface area (Å²) in [4.78, 5) is 22.5. The van der Waals surface area contributed by atoms with E-state index in [1.54, 1.807) is 18.2 Å². The molecule has 0 fully saturated rings. The molecule has 0 aliphatic carbocycles. The first-order valence-corrected chi connectivity index (χ1v) is 5.74. The molecule has 0 saturated heterocycles. The highest BCUT2D eigenvalue weighted by molar-refractivity contribution is 5.98. The number of anilines is 1. The van der Waals surface area contributed by atoms with Crippen molar-refractivity contribution in [2.24, 2.45) is 5.10 Å². The fourth-order valence-electron chi connectivity index (χ4n) is 1.47. The first-order valence-electron chi connectivity index (χ1n) is 5.74. The summed E-state index contributed by atoms with van der Waals surface area (Å²) in [6.45, 7) is -0.198. The third kappa shape index (κ3) is 3.59. The summed E-state index contributed by atoms with van der Waals surface area (Å²) in [7, 11) is 0. The van der Waals surface area contributed by atoms with Crippen LogP contribution < -0.4 is 11.2 Å². The highest BCUT2D eigenvalue weighted by Gasteiger charge is 2.08. The summed E-state index contributed by atoms with van der Waals surface area (Å²) < 4.78 is 1.09. The third-order valence-corrected chi connectivity index (χ3v) is 2.44. The van der Waals surface area contributed by atoms with Gasteiger partial charge in [0.1, 0.15) is 6.54 Å². The molecule has 1 amide bonds. The van der Waals surface area contributed by atoms with Crippen LogP contribution in [0.4, 0.5) is 5.95 Å². The van der Waals surface area contributed by atoms with Gasteiger partial charge in [0.2, 0.25) is 5.95 Å². The molecule has 0 aliphatic rings. The smallest absolute Gasteiger partial charge is 0.336 e. The highest BCUT2D eigenvalue weighted by atomic mass is 16.4. The average Bonchev–Trinajstić information content (AvgIpc) is 2.84. The van der Waals surface area contributed by atoms with Gasteiger partial charge in [-0.25, -0.2) is 14.9 Å². The van der Waals surface area contributed by atoms with Gasteiger partial charge >= 0.3 is 5.97 Å². The van der Waals surface area contributed by atoms with Crippen LogP contribution in [0.1, 0.15) is 15.9 Å². The van der Waals surface area contributed by atoms with Crippen LogP contribution in [0, 0.1) is 0 Å². The number of rotatable bonds is 5. The number of amides is 1. The lowest BCUT2D eigenvalue weighted by atomic mass is 10.1. The molecule has 21 heavy (non-hydrogen) atoms. The van der Waals surface area contributed by atoms with Crippen LogP contribution in [0.5, 0.6) is 0 Å². The lowest BCUT2D eigenvalue weighted by molar-refractivity contribution is -0.121. The summed E-state index contributed by atoms with van der Waals surface area (Å²) in [5.74, 6) is -1.58. The van der Waals surface area contributed by atoms with Gasteiger partial charge in [0.05, 0.1) is 11.8 Å². The number of aromatic nitrogens is 4. The summed E-state index contributed by atoms with van der Waals surface area (Å²) >= 11 is 0. The second-order valence-electron chi connectivity index (χ2n) is 3.88. The number of hydrogen-bond donors (Lipinski definition) is 3. The molecule has 1 aromatic carbocycles. The van der Waals surface area contributed by atoms with E-state index in [0.717, 1.165) is 4.68 Å². The quantitative estimate of drug-likeness (QED) is 0.477. The molecular formula is C11H11N7O3. The molecular weight excluding hydrogens is 278 g/mol.